The Hall–Kier alpha value is -0.770. The van der Waals surface area contributed by atoms with E-state index in [1.165, 1.54) is 6.92 Å². The normalized spacial score (nSPS) is 14.0. The van der Waals surface area contributed by atoms with Crippen molar-refractivity contribution < 1.29 is 10.4 Å². The van der Waals surface area contributed by atoms with Gasteiger partial charge in [0.1, 0.15) is 11.4 Å². The predicted molar refractivity (Wildman–Crippen MR) is 34.8 cm³/mol. The molecule has 0 radical (unpaired) electrons. The van der Waals surface area contributed by atoms with Crippen LogP contribution >= 0.6 is 11.6 Å². The lowest BCUT2D eigenvalue weighted by Crippen LogP contribution is -2.11. The van der Waals surface area contributed by atoms with Gasteiger partial charge in [0.2, 0.25) is 0 Å². The zero-order valence-corrected chi connectivity index (χ0v) is 5.63. The summed E-state index contributed by atoms with van der Waals surface area (Å²) < 4.78 is 0. The van der Waals surface area contributed by atoms with Crippen LogP contribution in [0.5, 0.6) is 0 Å². The van der Waals surface area contributed by atoms with Gasteiger partial charge in [-0.1, -0.05) is 10.3 Å². The van der Waals surface area contributed by atoms with Gasteiger partial charge in [0.25, 0.3) is 0 Å². The van der Waals surface area contributed by atoms with E-state index in [2.05, 4.69) is 10.3 Å². The zero-order valence-electron chi connectivity index (χ0n) is 4.87. The van der Waals surface area contributed by atoms with Crippen molar-refractivity contribution in [3.8, 4) is 0 Å². The van der Waals surface area contributed by atoms with Crippen LogP contribution in [0.15, 0.2) is 10.3 Å². The summed E-state index contributed by atoms with van der Waals surface area (Å²) in [6, 6.07) is 0. The Morgan fingerprint density at radius 2 is 2.00 bits per heavy atom. The lowest BCUT2D eigenvalue weighted by molar-refractivity contribution is 0.314. The smallest absolute Gasteiger partial charge is 0.119 e. The van der Waals surface area contributed by atoms with Gasteiger partial charge in [-0.2, -0.15) is 0 Å². The van der Waals surface area contributed by atoms with Crippen molar-refractivity contribution in [2.75, 3.05) is 5.88 Å². The maximum absolute atomic E-state index is 8.14. The van der Waals surface area contributed by atoms with E-state index in [1.54, 1.807) is 0 Å². The number of oxime groups is 2. The van der Waals surface area contributed by atoms with Crippen LogP contribution in [-0.2, 0) is 0 Å². The lowest BCUT2D eigenvalue weighted by atomic mass is 10.3. The molecule has 0 aliphatic rings. The van der Waals surface area contributed by atoms with Crippen LogP contribution < -0.4 is 0 Å². The maximum atomic E-state index is 8.14. The average Bonchev–Trinajstić information content (AvgIpc) is 1.90. The molecule has 0 bridgehead atoms. The summed E-state index contributed by atoms with van der Waals surface area (Å²) in [5, 5.41) is 21.8. The molecule has 0 aromatic carbocycles. The Kier molecular flexibility index (Phi) is 3.79. The number of hydrogen-bond acceptors (Lipinski definition) is 4. The molecule has 0 amide bonds. The molecule has 0 aliphatic heterocycles. The first-order valence-electron chi connectivity index (χ1n) is 2.22. The minimum atomic E-state index is 0.0341. The number of rotatable bonds is 2. The van der Waals surface area contributed by atoms with Crippen LogP contribution in [0, 0.1) is 0 Å². The van der Waals surface area contributed by atoms with E-state index in [4.69, 9.17) is 22.0 Å². The number of halogens is 1. The third kappa shape index (κ3) is 2.32. The highest BCUT2D eigenvalue weighted by molar-refractivity contribution is 6.50. The third-order valence-corrected chi connectivity index (χ3v) is 1.07. The van der Waals surface area contributed by atoms with Gasteiger partial charge in [-0.15, -0.1) is 11.6 Å². The van der Waals surface area contributed by atoms with Crippen molar-refractivity contribution in [2.24, 2.45) is 10.3 Å². The molecule has 0 spiro atoms. The van der Waals surface area contributed by atoms with Gasteiger partial charge >= 0.3 is 0 Å². The van der Waals surface area contributed by atoms with Crippen molar-refractivity contribution in [3.63, 3.8) is 0 Å². The van der Waals surface area contributed by atoms with E-state index in [9.17, 15) is 0 Å². The molecule has 0 rings (SSSR count). The molecular weight excluding hydrogens is 144 g/mol. The summed E-state index contributed by atoms with van der Waals surface area (Å²) in [5.74, 6) is 0.0341. The fourth-order valence-electron chi connectivity index (χ4n) is 0.253. The zero-order chi connectivity index (χ0) is 7.28. The Balaban J connectivity index is 4.14. The second kappa shape index (κ2) is 4.14. The standard InChI is InChI=1S/C4H7ClN2O2/c1-3(6-8)4(2-5)7-9/h8-9H,2H2,1H3/b6-3+,7-4+. The lowest BCUT2D eigenvalue weighted by Gasteiger charge is -1.93. The average molecular weight is 151 g/mol. The molecule has 0 fully saturated rings. The molecule has 2 N–H and O–H groups in total. The fourth-order valence-corrected chi connectivity index (χ4v) is 0.500. The topological polar surface area (TPSA) is 65.2 Å². The monoisotopic (exact) mass is 150 g/mol. The van der Waals surface area contributed by atoms with Crippen molar-refractivity contribution in [1.29, 1.82) is 0 Å². The summed E-state index contributed by atoms with van der Waals surface area (Å²) in [6.07, 6.45) is 0. The molecule has 0 aromatic heterocycles. The Morgan fingerprint density at radius 1 is 1.44 bits per heavy atom. The Morgan fingerprint density at radius 3 is 2.11 bits per heavy atom. The predicted octanol–water partition coefficient (Wildman–Crippen LogP) is 0.905. The van der Waals surface area contributed by atoms with Crippen molar-refractivity contribution in [3.05, 3.63) is 0 Å². The van der Waals surface area contributed by atoms with Gasteiger partial charge < -0.3 is 10.4 Å². The molecule has 0 unspecified atom stereocenters. The van der Waals surface area contributed by atoms with E-state index in [0.717, 1.165) is 0 Å². The number of hydrogen-bond donors (Lipinski definition) is 2. The Bertz CT molecular complexity index is 144. The molecular formula is C4H7ClN2O2. The van der Waals surface area contributed by atoms with Crippen molar-refractivity contribution in [1.82, 2.24) is 0 Å². The van der Waals surface area contributed by atoms with Crippen molar-refractivity contribution in [2.45, 2.75) is 6.92 Å². The summed E-state index contributed by atoms with van der Waals surface area (Å²) in [7, 11) is 0. The minimum absolute atomic E-state index is 0.0341. The summed E-state index contributed by atoms with van der Waals surface area (Å²) in [4.78, 5) is 0. The number of nitrogens with zero attached hydrogens (tertiary/aromatic N) is 2. The first kappa shape index (κ1) is 8.23. The maximum Gasteiger partial charge on any atom is 0.119 e. The van der Waals surface area contributed by atoms with Gasteiger partial charge in [0.05, 0.1) is 5.88 Å². The summed E-state index contributed by atoms with van der Waals surface area (Å²) in [5.41, 5.74) is 0.381. The second-order valence-corrected chi connectivity index (χ2v) is 1.63. The molecule has 4 nitrogen and oxygen atoms in total. The molecule has 0 aromatic rings. The van der Waals surface area contributed by atoms with Gasteiger partial charge in [-0.25, -0.2) is 0 Å². The molecule has 0 saturated heterocycles. The van der Waals surface area contributed by atoms with Crippen LogP contribution in [0.3, 0.4) is 0 Å². The number of alkyl halides is 1. The van der Waals surface area contributed by atoms with Crippen molar-refractivity contribution >= 4 is 23.0 Å². The Labute approximate surface area is 57.4 Å². The van der Waals surface area contributed by atoms with Crippen LogP contribution in [0.1, 0.15) is 6.92 Å². The molecule has 5 heteroatoms. The highest BCUT2D eigenvalue weighted by Gasteiger charge is 2.01. The fraction of sp³-hybridized carbons (Fsp3) is 0.500. The van der Waals surface area contributed by atoms with Gasteiger partial charge in [-0.05, 0) is 6.92 Å². The molecule has 9 heavy (non-hydrogen) atoms. The molecule has 0 heterocycles. The van der Waals surface area contributed by atoms with E-state index in [0.29, 0.717) is 0 Å². The first-order chi connectivity index (χ1) is 4.26. The third-order valence-electron chi connectivity index (χ3n) is 0.815. The summed E-state index contributed by atoms with van der Waals surface area (Å²) >= 11 is 5.26. The highest BCUT2D eigenvalue weighted by Crippen LogP contribution is 1.86. The van der Waals surface area contributed by atoms with Gasteiger partial charge in [-0.3, -0.25) is 0 Å². The van der Waals surface area contributed by atoms with Crippen LogP contribution in [-0.4, -0.2) is 27.7 Å². The molecule has 52 valence electrons. The van der Waals surface area contributed by atoms with E-state index in [1.807, 2.05) is 0 Å². The minimum Gasteiger partial charge on any atom is -0.411 e. The van der Waals surface area contributed by atoms with Gasteiger partial charge in [0, 0.05) is 0 Å². The molecule has 0 atom stereocenters. The van der Waals surface area contributed by atoms with E-state index >= 15 is 0 Å². The van der Waals surface area contributed by atoms with Gasteiger partial charge in [0.15, 0.2) is 0 Å². The second-order valence-electron chi connectivity index (χ2n) is 1.37. The quantitative estimate of drug-likeness (QED) is 0.266. The largest absolute Gasteiger partial charge is 0.411 e. The molecule has 0 saturated carbocycles. The van der Waals surface area contributed by atoms with E-state index < -0.39 is 0 Å². The highest BCUT2D eigenvalue weighted by atomic mass is 35.5. The van der Waals surface area contributed by atoms with Crippen LogP contribution in [0.2, 0.25) is 0 Å². The first-order valence-corrected chi connectivity index (χ1v) is 2.75. The van der Waals surface area contributed by atoms with Crippen LogP contribution in [0.25, 0.3) is 0 Å². The van der Waals surface area contributed by atoms with E-state index in [-0.39, 0.29) is 17.3 Å². The summed E-state index contributed by atoms with van der Waals surface area (Å²) in [6.45, 7) is 1.48. The SMILES string of the molecule is CC(=N\O)/C(CCl)=N/O. The van der Waals surface area contributed by atoms with Crippen LogP contribution in [0.4, 0.5) is 0 Å². The molecule has 0 aliphatic carbocycles.